The Labute approximate surface area is 143 Å². The van der Waals surface area contributed by atoms with Crippen LogP contribution in [0.4, 0.5) is 5.69 Å². The van der Waals surface area contributed by atoms with Gasteiger partial charge in [0.05, 0.1) is 0 Å². The summed E-state index contributed by atoms with van der Waals surface area (Å²) in [6.45, 7) is 4.36. The van der Waals surface area contributed by atoms with Crippen LogP contribution in [0.1, 0.15) is 12.0 Å². The lowest BCUT2D eigenvalue weighted by molar-refractivity contribution is -0.159. The molecule has 0 spiro atoms. The van der Waals surface area contributed by atoms with Gasteiger partial charge in [0.15, 0.2) is 0 Å². The number of hydrogen-bond donors (Lipinski definition) is 6. The molecule has 1 saturated heterocycles. The van der Waals surface area contributed by atoms with Crippen molar-refractivity contribution in [2.75, 3.05) is 18.4 Å². The summed E-state index contributed by atoms with van der Waals surface area (Å²) in [6, 6.07) is 9.16. The molecule has 1 fully saturated rings. The van der Waals surface area contributed by atoms with E-state index in [1.807, 2.05) is 0 Å². The Kier molecular flexibility index (Phi) is 9.97. The van der Waals surface area contributed by atoms with Gasteiger partial charge in [0.1, 0.15) is 0 Å². The molecule has 25 heavy (non-hydrogen) atoms. The Morgan fingerprint density at radius 1 is 1.00 bits per heavy atom. The number of carboxylic acid groups (broad SMARTS) is 4. The molecule has 0 amide bonds. The number of aliphatic carboxylic acids is 4. The van der Waals surface area contributed by atoms with Crippen molar-refractivity contribution < 1.29 is 39.6 Å². The fourth-order valence-corrected chi connectivity index (χ4v) is 1.75. The van der Waals surface area contributed by atoms with Gasteiger partial charge in [0, 0.05) is 18.3 Å². The Morgan fingerprint density at radius 3 is 1.88 bits per heavy atom. The van der Waals surface area contributed by atoms with E-state index in [0.717, 1.165) is 13.1 Å². The lowest BCUT2D eigenvalue weighted by atomic mass is 10.2. The van der Waals surface area contributed by atoms with Gasteiger partial charge in [-0.3, -0.25) is 0 Å². The molecule has 1 atom stereocenters. The van der Waals surface area contributed by atoms with E-state index in [-0.39, 0.29) is 0 Å². The summed E-state index contributed by atoms with van der Waals surface area (Å²) in [7, 11) is 0. The van der Waals surface area contributed by atoms with Crippen molar-refractivity contribution in [3.63, 3.8) is 0 Å². The van der Waals surface area contributed by atoms with Crippen LogP contribution in [0.25, 0.3) is 0 Å². The van der Waals surface area contributed by atoms with Crippen LogP contribution in [-0.2, 0) is 19.2 Å². The van der Waals surface area contributed by atoms with Gasteiger partial charge < -0.3 is 31.1 Å². The largest absolute Gasteiger partial charge is 0.473 e. The number of hydrogen-bond acceptors (Lipinski definition) is 6. The quantitative estimate of drug-likeness (QED) is 0.398. The monoisotopic (exact) mass is 356 g/mol. The van der Waals surface area contributed by atoms with Crippen molar-refractivity contribution in [3.05, 3.63) is 29.8 Å². The van der Waals surface area contributed by atoms with Crippen LogP contribution < -0.4 is 10.6 Å². The molecule has 1 aromatic carbocycles. The van der Waals surface area contributed by atoms with Crippen LogP contribution in [0.2, 0.25) is 0 Å². The predicted molar refractivity (Wildman–Crippen MR) is 86.6 cm³/mol. The van der Waals surface area contributed by atoms with Crippen molar-refractivity contribution in [3.8, 4) is 0 Å². The van der Waals surface area contributed by atoms with Crippen molar-refractivity contribution in [1.29, 1.82) is 0 Å². The van der Waals surface area contributed by atoms with E-state index in [9.17, 15) is 0 Å². The van der Waals surface area contributed by atoms with Crippen LogP contribution in [0, 0.1) is 6.92 Å². The second kappa shape index (κ2) is 11.4. The Balaban J connectivity index is 0.000000406. The first-order valence-corrected chi connectivity index (χ1v) is 7.09. The highest BCUT2D eigenvalue weighted by atomic mass is 16.4. The zero-order chi connectivity index (χ0) is 19.4. The highest BCUT2D eigenvalue weighted by molar-refractivity contribution is 6.27. The van der Waals surface area contributed by atoms with E-state index in [0.29, 0.717) is 6.04 Å². The molecule has 0 aromatic heterocycles. The number of carboxylic acids is 4. The van der Waals surface area contributed by atoms with Gasteiger partial charge in [-0.05, 0) is 37.6 Å². The average molecular weight is 356 g/mol. The minimum absolute atomic E-state index is 0.613. The molecule has 2 rings (SSSR count). The maximum atomic E-state index is 9.10. The van der Waals surface area contributed by atoms with Gasteiger partial charge in [-0.1, -0.05) is 12.1 Å². The normalized spacial score (nSPS) is 14.8. The summed E-state index contributed by atoms with van der Waals surface area (Å²) < 4.78 is 0. The smallest absolute Gasteiger partial charge is 0.414 e. The van der Waals surface area contributed by atoms with E-state index >= 15 is 0 Å². The summed E-state index contributed by atoms with van der Waals surface area (Å²) in [5.74, 6) is -7.30. The summed E-state index contributed by atoms with van der Waals surface area (Å²) >= 11 is 0. The first-order valence-electron chi connectivity index (χ1n) is 7.09. The van der Waals surface area contributed by atoms with Crippen molar-refractivity contribution >= 4 is 29.6 Å². The van der Waals surface area contributed by atoms with E-state index in [4.69, 9.17) is 39.6 Å². The van der Waals surface area contributed by atoms with Gasteiger partial charge in [-0.2, -0.15) is 0 Å². The van der Waals surface area contributed by atoms with E-state index in [2.05, 4.69) is 41.8 Å². The van der Waals surface area contributed by atoms with Gasteiger partial charge in [-0.15, -0.1) is 0 Å². The topological polar surface area (TPSA) is 173 Å². The fraction of sp³-hybridized carbons (Fsp3) is 0.333. The summed E-state index contributed by atoms with van der Waals surface area (Å²) in [5.41, 5.74) is 2.56. The minimum Gasteiger partial charge on any atom is -0.473 e. The molecule has 138 valence electrons. The summed E-state index contributed by atoms with van der Waals surface area (Å²) in [5, 5.41) is 36.4. The summed E-state index contributed by atoms with van der Waals surface area (Å²) in [6.07, 6.45) is 1.23. The number of anilines is 1. The van der Waals surface area contributed by atoms with Crippen LogP contribution in [0.5, 0.6) is 0 Å². The Hall–Kier alpha value is -3.14. The van der Waals surface area contributed by atoms with Gasteiger partial charge in [-0.25, -0.2) is 19.2 Å². The molecule has 0 saturated carbocycles. The molecule has 1 aliphatic heterocycles. The molecular weight excluding hydrogens is 336 g/mol. The lowest BCUT2D eigenvalue weighted by Crippen LogP contribution is -2.21. The van der Waals surface area contributed by atoms with Crippen molar-refractivity contribution in [2.45, 2.75) is 19.4 Å². The summed E-state index contributed by atoms with van der Waals surface area (Å²) in [4.78, 5) is 36.4. The van der Waals surface area contributed by atoms with Crippen LogP contribution in [0.3, 0.4) is 0 Å². The number of carbonyl (C=O) groups is 4. The van der Waals surface area contributed by atoms with Gasteiger partial charge in [0.2, 0.25) is 0 Å². The zero-order valence-electron chi connectivity index (χ0n) is 13.4. The molecular formula is C15H20N2O8. The molecule has 10 heteroatoms. The first kappa shape index (κ1) is 21.9. The number of benzene rings is 1. The third-order valence-electron chi connectivity index (χ3n) is 2.82. The van der Waals surface area contributed by atoms with Crippen molar-refractivity contribution in [1.82, 2.24) is 5.32 Å². The third kappa shape index (κ3) is 11.1. The molecule has 1 aromatic rings. The highest BCUT2D eigenvalue weighted by Gasteiger charge is 2.13. The number of aryl methyl sites for hydroxylation is 1. The predicted octanol–water partition coefficient (Wildman–Crippen LogP) is 0.0800. The third-order valence-corrected chi connectivity index (χ3v) is 2.82. The molecule has 0 aliphatic carbocycles. The highest BCUT2D eigenvalue weighted by Crippen LogP contribution is 2.12. The molecule has 0 bridgehead atoms. The van der Waals surface area contributed by atoms with Gasteiger partial charge in [0.25, 0.3) is 0 Å². The fourth-order valence-electron chi connectivity index (χ4n) is 1.75. The number of nitrogens with one attached hydrogen (secondary N) is 2. The molecule has 10 nitrogen and oxygen atoms in total. The maximum absolute atomic E-state index is 9.10. The van der Waals surface area contributed by atoms with Crippen LogP contribution >= 0.6 is 0 Å². The van der Waals surface area contributed by atoms with Crippen molar-refractivity contribution in [2.24, 2.45) is 0 Å². The average Bonchev–Trinajstić information content (AvgIpc) is 3.01. The van der Waals surface area contributed by atoms with E-state index < -0.39 is 23.9 Å². The molecule has 1 heterocycles. The molecule has 1 unspecified atom stereocenters. The molecule has 1 aliphatic rings. The Morgan fingerprint density at radius 2 is 1.52 bits per heavy atom. The first-order chi connectivity index (χ1) is 11.6. The zero-order valence-corrected chi connectivity index (χ0v) is 13.4. The molecule has 6 N–H and O–H groups in total. The second-order valence-corrected chi connectivity index (χ2v) is 4.92. The number of rotatable bonds is 2. The lowest BCUT2D eigenvalue weighted by Gasteiger charge is -2.12. The van der Waals surface area contributed by atoms with Gasteiger partial charge >= 0.3 is 23.9 Å². The SMILES string of the molecule is Cc1cccc(NC2CCNC2)c1.O=C(O)C(=O)O.O=C(O)C(=O)O. The molecule has 0 radical (unpaired) electrons. The maximum Gasteiger partial charge on any atom is 0.414 e. The van der Waals surface area contributed by atoms with Crippen LogP contribution in [-0.4, -0.2) is 63.4 Å². The minimum atomic E-state index is -1.82. The Bertz CT molecular complexity index is 563. The van der Waals surface area contributed by atoms with Crippen LogP contribution in [0.15, 0.2) is 24.3 Å². The standard InChI is InChI=1S/C11H16N2.2C2H2O4/c1-9-3-2-4-10(7-9)13-11-5-6-12-8-11;2*3-1(4)2(5)6/h2-4,7,11-13H,5-6,8H2,1H3;2*(H,3,4)(H,5,6). The van der Waals surface area contributed by atoms with E-state index in [1.54, 1.807) is 0 Å². The van der Waals surface area contributed by atoms with E-state index in [1.165, 1.54) is 17.7 Å². The second-order valence-electron chi connectivity index (χ2n) is 4.92.